The summed E-state index contributed by atoms with van der Waals surface area (Å²) in [7, 11) is 0. The van der Waals surface area contributed by atoms with Crippen molar-refractivity contribution in [2.24, 2.45) is 17.3 Å². The Hall–Kier alpha value is -3.48. The maximum absolute atomic E-state index is 13.4. The smallest absolute Gasteiger partial charge is 0.394 e. The van der Waals surface area contributed by atoms with E-state index in [9.17, 15) is 23.1 Å². The quantitative estimate of drug-likeness (QED) is 0.0816. The predicted molar refractivity (Wildman–Crippen MR) is 195 cm³/mol. The first kappa shape index (κ1) is 40.9. The van der Waals surface area contributed by atoms with Gasteiger partial charge in [0.25, 0.3) is 0 Å². The summed E-state index contributed by atoms with van der Waals surface area (Å²) in [5.41, 5.74) is 2.66. The number of fused-ring (bicyclic) bond motifs is 4. The van der Waals surface area contributed by atoms with Crippen molar-refractivity contribution in [3.63, 3.8) is 0 Å². The molecule has 5 aromatic rings. The number of rotatable bonds is 11. The number of benzene rings is 3. The van der Waals surface area contributed by atoms with Gasteiger partial charge in [-0.25, -0.2) is 0 Å². The second kappa shape index (κ2) is 17.2. The Balaban J connectivity index is 0.000000361. The molecule has 0 aliphatic carbocycles. The number of pyridine rings is 1. The van der Waals surface area contributed by atoms with E-state index >= 15 is 0 Å². The van der Waals surface area contributed by atoms with Crippen molar-refractivity contribution in [3.05, 3.63) is 89.8 Å². The summed E-state index contributed by atoms with van der Waals surface area (Å²) < 4.78 is 46.4. The number of alkyl halides is 3. The molecular weight excluding hydrogens is 816 g/mol. The van der Waals surface area contributed by atoms with Gasteiger partial charge in [0.05, 0.1) is 11.2 Å². The fourth-order valence-electron chi connectivity index (χ4n) is 6.30. The van der Waals surface area contributed by atoms with Gasteiger partial charge >= 0.3 is 6.18 Å². The van der Waals surface area contributed by atoms with Gasteiger partial charge in [-0.3, -0.25) is 9.78 Å². The van der Waals surface area contributed by atoms with Crippen LogP contribution in [0.3, 0.4) is 0 Å². The van der Waals surface area contributed by atoms with Crippen LogP contribution in [0.4, 0.5) is 13.2 Å². The van der Waals surface area contributed by atoms with E-state index in [2.05, 4.69) is 37.0 Å². The number of nitrogens with zero attached hydrogens (tertiary/aromatic N) is 1. The normalized spacial score (nSPS) is 12.6. The summed E-state index contributed by atoms with van der Waals surface area (Å²) in [4.78, 5) is 16.3. The standard InChI is InChI=1S/C29H25F3NO.C13H24O2.Ir/c1-17(2)24-15-20(14-19-7-5-6-8-21(19)24)26-27-23(11-12-33-26)22-10-9-18(13-25(22)34-27)16-28(3,4)29(30,31)32;1-5-10(6-2)12(14)9-13(15)11(7-3)8-4;/h5-13,15,17H,16H2,1-4H3;9-11,14H,5-8H2,1-4H3;/q-1;;/b;12-9-;. The van der Waals surface area contributed by atoms with E-state index in [1.165, 1.54) is 25.5 Å². The number of allylic oxidation sites excluding steroid dienone is 2. The summed E-state index contributed by atoms with van der Waals surface area (Å²) in [6.07, 6.45) is 2.24. The van der Waals surface area contributed by atoms with Gasteiger partial charge in [0.2, 0.25) is 0 Å². The van der Waals surface area contributed by atoms with Crippen molar-refractivity contribution in [1.82, 2.24) is 4.98 Å². The van der Waals surface area contributed by atoms with Crippen LogP contribution in [0.1, 0.15) is 98.1 Å². The molecule has 4 nitrogen and oxygen atoms in total. The van der Waals surface area contributed by atoms with Crippen molar-refractivity contribution in [2.45, 2.75) is 99.6 Å². The van der Waals surface area contributed by atoms with Crippen molar-refractivity contribution in [1.29, 1.82) is 0 Å². The first-order valence-electron chi connectivity index (χ1n) is 17.4. The van der Waals surface area contributed by atoms with Gasteiger partial charge in [-0.05, 0) is 55.7 Å². The average Bonchev–Trinajstić information content (AvgIpc) is 3.43. The molecule has 2 heterocycles. The molecule has 3 aromatic carbocycles. The Kier molecular flexibility index (Phi) is 14.0. The van der Waals surface area contributed by atoms with Gasteiger partial charge in [0.15, 0.2) is 5.78 Å². The molecule has 0 unspecified atom stereocenters. The monoisotopic (exact) mass is 865 g/mol. The van der Waals surface area contributed by atoms with Crippen LogP contribution in [-0.4, -0.2) is 22.1 Å². The largest absolute Gasteiger partial charge is 0.512 e. The molecule has 0 spiro atoms. The minimum absolute atomic E-state index is 0. The maximum atomic E-state index is 13.4. The predicted octanol–water partition coefficient (Wildman–Crippen LogP) is 12.7. The molecule has 0 fully saturated rings. The molecule has 0 aliphatic heterocycles. The SMILES string of the molecule is CC(C)c1cc(-c2nccc3c2oc2cc(CC(C)(C)C(F)(F)F)ccc23)[c-]c2ccccc12.CCC(CC)C(=O)/C=C(\O)C(CC)CC.[Ir]. The summed E-state index contributed by atoms with van der Waals surface area (Å²) >= 11 is 0. The first-order valence-corrected chi connectivity index (χ1v) is 17.4. The summed E-state index contributed by atoms with van der Waals surface area (Å²) in [6, 6.07) is 21.0. The van der Waals surface area contributed by atoms with E-state index in [1.807, 2.05) is 58.0 Å². The third-order valence-electron chi connectivity index (χ3n) is 9.63. The zero-order valence-electron chi connectivity index (χ0n) is 30.3. The summed E-state index contributed by atoms with van der Waals surface area (Å²) in [6.45, 7) is 14.8. The van der Waals surface area contributed by atoms with Crippen LogP contribution in [0.15, 0.2) is 77.0 Å². The third-order valence-corrected chi connectivity index (χ3v) is 9.63. The average molecular weight is 865 g/mol. The van der Waals surface area contributed by atoms with Gasteiger partial charge in [0.1, 0.15) is 11.2 Å². The third kappa shape index (κ3) is 9.05. The number of ketones is 1. The molecule has 5 rings (SSSR count). The van der Waals surface area contributed by atoms with Gasteiger partial charge in [-0.1, -0.05) is 96.7 Å². The number of aromatic nitrogens is 1. The van der Waals surface area contributed by atoms with Crippen molar-refractivity contribution in [3.8, 4) is 11.3 Å². The Morgan fingerprint density at radius 1 is 0.900 bits per heavy atom. The van der Waals surface area contributed by atoms with Crippen LogP contribution >= 0.6 is 0 Å². The van der Waals surface area contributed by atoms with Gasteiger partial charge in [-0.15, -0.1) is 29.1 Å². The molecule has 0 atom stereocenters. The molecule has 0 bridgehead atoms. The number of aliphatic hydroxyl groups is 1. The Morgan fingerprint density at radius 2 is 1.54 bits per heavy atom. The fourth-order valence-corrected chi connectivity index (χ4v) is 6.30. The minimum atomic E-state index is -4.28. The number of aliphatic hydroxyl groups excluding tert-OH is 1. The molecule has 0 amide bonds. The molecule has 8 heteroatoms. The summed E-state index contributed by atoms with van der Waals surface area (Å²) in [5.74, 6) is 0.860. The van der Waals surface area contributed by atoms with Gasteiger partial charge < -0.3 is 9.52 Å². The van der Waals surface area contributed by atoms with Crippen molar-refractivity contribution in [2.75, 3.05) is 0 Å². The molecule has 1 radical (unpaired) electrons. The van der Waals surface area contributed by atoms with E-state index in [-0.39, 0.29) is 49.9 Å². The van der Waals surface area contributed by atoms with Crippen LogP contribution < -0.4 is 0 Å². The molecule has 0 saturated heterocycles. The number of carbonyl (C=O) groups is 1. The molecule has 0 saturated carbocycles. The fraction of sp³-hybridized carbons (Fsp3) is 0.429. The molecule has 1 N–H and O–H groups in total. The zero-order chi connectivity index (χ0) is 36.1. The topological polar surface area (TPSA) is 63.3 Å². The molecule has 2 aromatic heterocycles. The molecule has 0 aliphatic rings. The van der Waals surface area contributed by atoms with E-state index in [0.717, 1.165) is 52.8 Å². The summed E-state index contributed by atoms with van der Waals surface area (Å²) in [5, 5.41) is 13.7. The maximum Gasteiger partial charge on any atom is 0.394 e. The Morgan fingerprint density at radius 3 is 2.14 bits per heavy atom. The minimum Gasteiger partial charge on any atom is -0.512 e. The van der Waals surface area contributed by atoms with Gasteiger partial charge in [0, 0.05) is 60.7 Å². The number of hydrogen-bond acceptors (Lipinski definition) is 4. The number of carbonyl (C=O) groups excluding carboxylic acids is 1. The number of hydrogen-bond donors (Lipinski definition) is 1. The van der Waals surface area contributed by atoms with Crippen LogP contribution in [0, 0.1) is 23.3 Å². The second-order valence-electron chi connectivity index (χ2n) is 13.9. The second-order valence-corrected chi connectivity index (χ2v) is 13.9. The van der Waals surface area contributed by atoms with Crippen molar-refractivity contribution < 1.29 is 47.6 Å². The Labute approximate surface area is 307 Å². The number of furan rings is 1. The van der Waals surface area contributed by atoms with E-state index in [4.69, 9.17) is 4.42 Å². The van der Waals surface area contributed by atoms with Crippen LogP contribution in [0.2, 0.25) is 0 Å². The van der Waals surface area contributed by atoms with E-state index < -0.39 is 11.6 Å². The van der Waals surface area contributed by atoms with Crippen LogP contribution in [-0.2, 0) is 31.3 Å². The van der Waals surface area contributed by atoms with E-state index in [1.54, 1.807) is 18.3 Å². The van der Waals surface area contributed by atoms with Crippen molar-refractivity contribution >= 4 is 38.5 Å². The van der Waals surface area contributed by atoms with Crippen LogP contribution in [0.5, 0.6) is 0 Å². The van der Waals surface area contributed by atoms with Crippen LogP contribution in [0.25, 0.3) is 44.0 Å². The molecular formula is C42H49F3IrNO3-. The first-order chi connectivity index (χ1) is 23.1. The number of halogens is 3. The molecule has 271 valence electrons. The van der Waals surface area contributed by atoms with Gasteiger partial charge in [-0.2, -0.15) is 13.2 Å². The van der Waals surface area contributed by atoms with E-state index in [0.29, 0.717) is 28.3 Å². The zero-order valence-corrected chi connectivity index (χ0v) is 32.7. The Bertz CT molecular complexity index is 1930. The molecule has 50 heavy (non-hydrogen) atoms.